The Morgan fingerprint density at radius 1 is 0.967 bits per heavy atom. The number of hydrogen-bond acceptors (Lipinski definition) is 7. The molecule has 1 amide bonds. The van der Waals surface area contributed by atoms with Gasteiger partial charge in [0.05, 0.1) is 4.88 Å². The second-order valence-corrected chi connectivity index (χ2v) is 7.94. The Morgan fingerprint density at radius 2 is 1.80 bits per heavy atom. The summed E-state index contributed by atoms with van der Waals surface area (Å²) in [7, 11) is 0. The summed E-state index contributed by atoms with van der Waals surface area (Å²) in [5, 5.41) is 10.5. The SMILES string of the molecule is Cc1ccnc(Nc2cc(NCCNC(=O)c3cc4ccccc4s3)nc(C)n2)c1. The number of carbonyl (C=O) groups excluding carboxylic acids is 1. The molecule has 7 nitrogen and oxygen atoms in total. The first-order valence-corrected chi connectivity index (χ1v) is 10.4. The largest absolute Gasteiger partial charge is 0.368 e. The molecule has 1 aromatic carbocycles. The van der Waals surface area contributed by atoms with E-state index in [1.165, 1.54) is 11.3 Å². The summed E-state index contributed by atoms with van der Waals surface area (Å²) in [4.78, 5) is 26.2. The van der Waals surface area contributed by atoms with E-state index >= 15 is 0 Å². The van der Waals surface area contributed by atoms with E-state index in [-0.39, 0.29) is 5.91 Å². The monoisotopic (exact) mass is 418 g/mol. The predicted octanol–water partition coefficient (Wildman–Crippen LogP) is 4.29. The van der Waals surface area contributed by atoms with Crippen LogP contribution in [-0.4, -0.2) is 33.9 Å². The number of fused-ring (bicyclic) bond motifs is 1. The first kappa shape index (κ1) is 19.8. The van der Waals surface area contributed by atoms with Gasteiger partial charge in [-0.2, -0.15) is 0 Å². The van der Waals surface area contributed by atoms with Crippen molar-refractivity contribution in [3.63, 3.8) is 0 Å². The van der Waals surface area contributed by atoms with Crippen LogP contribution in [0.1, 0.15) is 21.1 Å². The number of aryl methyl sites for hydroxylation is 2. The fourth-order valence-corrected chi connectivity index (χ4v) is 3.98. The smallest absolute Gasteiger partial charge is 0.261 e. The standard InChI is InChI=1S/C22H22N6OS/c1-14-7-8-23-19(11-14)28-21-13-20(26-15(2)27-21)24-9-10-25-22(29)18-12-16-5-3-4-6-17(16)30-18/h3-8,11-13H,9-10H2,1-2H3,(H,25,29)(H2,23,24,26,27,28). The molecule has 0 bridgehead atoms. The summed E-state index contributed by atoms with van der Waals surface area (Å²) >= 11 is 1.50. The second-order valence-electron chi connectivity index (χ2n) is 6.86. The van der Waals surface area contributed by atoms with Crippen molar-refractivity contribution in [3.8, 4) is 0 Å². The van der Waals surface area contributed by atoms with E-state index in [2.05, 4.69) is 30.9 Å². The molecule has 0 aliphatic heterocycles. The number of nitrogens with zero attached hydrogens (tertiary/aromatic N) is 3. The van der Waals surface area contributed by atoms with Gasteiger partial charge in [-0.3, -0.25) is 4.79 Å². The van der Waals surface area contributed by atoms with E-state index in [0.29, 0.717) is 35.4 Å². The van der Waals surface area contributed by atoms with E-state index in [0.717, 1.165) is 21.5 Å². The Hall–Kier alpha value is -3.52. The van der Waals surface area contributed by atoms with Crippen LogP contribution in [0.25, 0.3) is 10.1 Å². The zero-order valence-corrected chi connectivity index (χ0v) is 17.6. The number of aromatic nitrogens is 3. The Balaban J connectivity index is 1.32. The van der Waals surface area contributed by atoms with Gasteiger partial charge in [-0.05, 0) is 49.1 Å². The van der Waals surface area contributed by atoms with Crippen LogP contribution in [0.3, 0.4) is 0 Å². The third-order valence-electron chi connectivity index (χ3n) is 4.38. The lowest BCUT2D eigenvalue weighted by Gasteiger charge is -2.10. The van der Waals surface area contributed by atoms with Crippen LogP contribution < -0.4 is 16.0 Å². The highest BCUT2D eigenvalue weighted by atomic mass is 32.1. The average molecular weight is 419 g/mol. The molecule has 152 valence electrons. The van der Waals surface area contributed by atoms with E-state index in [4.69, 9.17) is 0 Å². The van der Waals surface area contributed by atoms with Crippen molar-refractivity contribution < 1.29 is 4.79 Å². The van der Waals surface area contributed by atoms with Crippen molar-refractivity contribution in [1.29, 1.82) is 0 Å². The van der Waals surface area contributed by atoms with Gasteiger partial charge in [0.2, 0.25) is 0 Å². The van der Waals surface area contributed by atoms with Gasteiger partial charge in [-0.1, -0.05) is 18.2 Å². The lowest BCUT2D eigenvalue weighted by Crippen LogP contribution is -2.28. The Kier molecular flexibility index (Phi) is 5.85. The minimum absolute atomic E-state index is 0.0651. The van der Waals surface area contributed by atoms with Crippen LogP contribution in [0, 0.1) is 13.8 Å². The topological polar surface area (TPSA) is 91.8 Å². The van der Waals surface area contributed by atoms with Crippen LogP contribution >= 0.6 is 11.3 Å². The number of pyridine rings is 1. The number of amides is 1. The Bertz CT molecular complexity index is 1160. The number of rotatable bonds is 7. The van der Waals surface area contributed by atoms with Crippen molar-refractivity contribution in [3.05, 3.63) is 71.0 Å². The number of anilines is 3. The van der Waals surface area contributed by atoms with Gasteiger partial charge in [-0.25, -0.2) is 15.0 Å². The van der Waals surface area contributed by atoms with Crippen molar-refractivity contribution in [2.75, 3.05) is 23.7 Å². The number of hydrogen-bond donors (Lipinski definition) is 3. The number of thiophene rings is 1. The molecule has 3 aromatic heterocycles. The van der Waals surface area contributed by atoms with Gasteiger partial charge in [0.25, 0.3) is 5.91 Å². The fourth-order valence-electron chi connectivity index (χ4n) is 3.01. The third-order valence-corrected chi connectivity index (χ3v) is 5.49. The van der Waals surface area contributed by atoms with Gasteiger partial charge in [0.1, 0.15) is 23.3 Å². The van der Waals surface area contributed by atoms with Gasteiger partial charge < -0.3 is 16.0 Å². The van der Waals surface area contributed by atoms with E-state index in [1.54, 1.807) is 6.20 Å². The molecule has 0 aliphatic rings. The Morgan fingerprint density at radius 3 is 2.63 bits per heavy atom. The highest BCUT2D eigenvalue weighted by molar-refractivity contribution is 7.20. The lowest BCUT2D eigenvalue weighted by molar-refractivity contribution is 0.0959. The summed E-state index contributed by atoms with van der Waals surface area (Å²) in [6, 6.07) is 15.6. The van der Waals surface area contributed by atoms with Crippen LogP contribution in [0.2, 0.25) is 0 Å². The summed E-state index contributed by atoms with van der Waals surface area (Å²) in [5.74, 6) is 2.66. The maximum Gasteiger partial charge on any atom is 0.261 e. The van der Waals surface area contributed by atoms with Gasteiger partial charge in [0, 0.05) is 30.1 Å². The molecule has 0 unspecified atom stereocenters. The molecule has 8 heteroatoms. The number of nitrogens with one attached hydrogen (secondary N) is 3. The van der Waals surface area contributed by atoms with Crippen LogP contribution in [0.5, 0.6) is 0 Å². The van der Waals surface area contributed by atoms with Crippen LogP contribution in [0.15, 0.2) is 54.7 Å². The van der Waals surface area contributed by atoms with Crippen molar-refractivity contribution in [2.45, 2.75) is 13.8 Å². The molecule has 3 heterocycles. The Labute approximate surface area is 178 Å². The fraction of sp³-hybridized carbons (Fsp3) is 0.182. The molecule has 0 radical (unpaired) electrons. The number of benzene rings is 1. The highest BCUT2D eigenvalue weighted by Gasteiger charge is 2.09. The van der Waals surface area contributed by atoms with Gasteiger partial charge >= 0.3 is 0 Å². The summed E-state index contributed by atoms with van der Waals surface area (Å²) in [6.07, 6.45) is 1.75. The van der Waals surface area contributed by atoms with Crippen LogP contribution in [-0.2, 0) is 0 Å². The number of carbonyl (C=O) groups is 1. The molecular weight excluding hydrogens is 396 g/mol. The summed E-state index contributed by atoms with van der Waals surface area (Å²) in [6.45, 7) is 4.88. The molecular formula is C22H22N6OS. The molecule has 0 aliphatic carbocycles. The molecule has 0 fully saturated rings. The van der Waals surface area contributed by atoms with Crippen molar-refractivity contribution >= 4 is 44.8 Å². The maximum absolute atomic E-state index is 12.4. The molecule has 0 saturated heterocycles. The summed E-state index contributed by atoms with van der Waals surface area (Å²) < 4.78 is 1.11. The minimum Gasteiger partial charge on any atom is -0.368 e. The second kappa shape index (κ2) is 8.87. The van der Waals surface area contributed by atoms with E-state index < -0.39 is 0 Å². The van der Waals surface area contributed by atoms with Crippen LogP contribution in [0.4, 0.5) is 17.5 Å². The quantitative estimate of drug-likeness (QED) is 0.388. The highest BCUT2D eigenvalue weighted by Crippen LogP contribution is 2.25. The van der Waals surface area contributed by atoms with E-state index in [9.17, 15) is 4.79 Å². The molecule has 4 rings (SSSR count). The van der Waals surface area contributed by atoms with Gasteiger partial charge in [0.15, 0.2) is 0 Å². The first-order chi connectivity index (χ1) is 14.6. The predicted molar refractivity (Wildman–Crippen MR) is 122 cm³/mol. The zero-order chi connectivity index (χ0) is 20.9. The van der Waals surface area contributed by atoms with E-state index in [1.807, 2.05) is 62.4 Å². The maximum atomic E-state index is 12.4. The third kappa shape index (κ3) is 4.90. The molecule has 0 atom stereocenters. The lowest BCUT2D eigenvalue weighted by atomic mass is 10.2. The molecule has 0 spiro atoms. The minimum atomic E-state index is -0.0651. The molecule has 3 N–H and O–H groups in total. The molecule has 4 aromatic rings. The normalized spacial score (nSPS) is 10.7. The van der Waals surface area contributed by atoms with Gasteiger partial charge in [-0.15, -0.1) is 11.3 Å². The molecule has 0 saturated carbocycles. The first-order valence-electron chi connectivity index (χ1n) is 9.63. The van der Waals surface area contributed by atoms with Crippen molar-refractivity contribution in [1.82, 2.24) is 20.3 Å². The summed E-state index contributed by atoms with van der Waals surface area (Å²) in [5.41, 5.74) is 1.12. The average Bonchev–Trinajstić information content (AvgIpc) is 3.15. The van der Waals surface area contributed by atoms with Crippen molar-refractivity contribution in [2.24, 2.45) is 0 Å². The molecule has 30 heavy (non-hydrogen) atoms. The zero-order valence-electron chi connectivity index (χ0n) is 16.8.